The first-order chi connectivity index (χ1) is 5.88. The third kappa shape index (κ3) is 2.39. The van der Waals surface area contributed by atoms with Gasteiger partial charge in [-0.2, -0.15) is 0 Å². The molecule has 12 heavy (non-hydrogen) atoms. The normalized spacial score (nSPS) is 12.8. The van der Waals surface area contributed by atoms with E-state index in [2.05, 4.69) is 28.4 Å². The fourth-order valence-electron chi connectivity index (χ4n) is 0.912. The minimum Gasteiger partial charge on any atom is -0.306 e. The molecule has 1 aromatic rings. The lowest BCUT2D eigenvalue weighted by Crippen LogP contribution is -2.19. The number of nitrogens with zero attached hydrogens (tertiary/aromatic N) is 2. The molecule has 3 nitrogen and oxygen atoms in total. The molecular formula is C8H13N3S. The van der Waals surface area contributed by atoms with Crippen LogP contribution in [0.3, 0.4) is 0 Å². The first-order valence-corrected chi connectivity index (χ1v) is 4.79. The zero-order valence-corrected chi connectivity index (χ0v) is 7.97. The number of aromatic nitrogens is 2. The molecule has 0 amide bonds. The van der Waals surface area contributed by atoms with E-state index in [1.807, 2.05) is 6.08 Å². The lowest BCUT2D eigenvalue weighted by Gasteiger charge is -2.09. The highest BCUT2D eigenvalue weighted by molar-refractivity contribution is 7.05. The maximum atomic E-state index is 3.80. The fraction of sp³-hybridized carbons (Fsp3) is 0.500. The molecule has 0 fully saturated rings. The molecule has 0 saturated heterocycles. The summed E-state index contributed by atoms with van der Waals surface area (Å²) in [5.74, 6) is 0. The van der Waals surface area contributed by atoms with Crippen molar-refractivity contribution in [3.63, 3.8) is 0 Å². The second-order valence-electron chi connectivity index (χ2n) is 2.49. The van der Waals surface area contributed by atoms with Crippen molar-refractivity contribution in [3.05, 3.63) is 23.7 Å². The van der Waals surface area contributed by atoms with E-state index in [1.165, 1.54) is 11.5 Å². The Morgan fingerprint density at radius 3 is 3.17 bits per heavy atom. The topological polar surface area (TPSA) is 37.8 Å². The second kappa shape index (κ2) is 5.00. The van der Waals surface area contributed by atoms with E-state index in [9.17, 15) is 0 Å². The Balaban J connectivity index is 2.51. The Labute approximate surface area is 76.7 Å². The Morgan fingerprint density at radius 1 is 1.83 bits per heavy atom. The predicted molar refractivity (Wildman–Crippen MR) is 51.1 cm³/mol. The molecule has 66 valence electrons. The SMILES string of the molecule is C=CC(NCCC)c1cnns1. The minimum atomic E-state index is 0.213. The molecule has 1 atom stereocenters. The number of nitrogens with one attached hydrogen (secondary N) is 1. The molecule has 1 heterocycles. The number of hydrogen-bond donors (Lipinski definition) is 1. The van der Waals surface area contributed by atoms with Crippen molar-refractivity contribution in [3.8, 4) is 0 Å². The van der Waals surface area contributed by atoms with Crippen molar-refractivity contribution in [2.45, 2.75) is 19.4 Å². The lowest BCUT2D eigenvalue weighted by atomic mass is 10.2. The molecule has 0 aliphatic heterocycles. The summed E-state index contributed by atoms with van der Waals surface area (Å²) >= 11 is 1.41. The summed E-state index contributed by atoms with van der Waals surface area (Å²) in [5.41, 5.74) is 0. The summed E-state index contributed by atoms with van der Waals surface area (Å²) in [6, 6.07) is 0.213. The van der Waals surface area contributed by atoms with Gasteiger partial charge in [0.2, 0.25) is 0 Å². The van der Waals surface area contributed by atoms with Gasteiger partial charge in [0.25, 0.3) is 0 Å². The summed E-state index contributed by atoms with van der Waals surface area (Å²) < 4.78 is 3.80. The average Bonchev–Trinajstić information content (AvgIpc) is 2.59. The number of hydrogen-bond acceptors (Lipinski definition) is 4. The first kappa shape index (κ1) is 9.35. The van der Waals surface area contributed by atoms with Crippen molar-refractivity contribution in [1.29, 1.82) is 0 Å². The molecule has 0 radical (unpaired) electrons. The van der Waals surface area contributed by atoms with Gasteiger partial charge >= 0.3 is 0 Å². The minimum absolute atomic E-state index is 0.213. The molecule has 0 aromatic carbocycles. The summed E-state index contributed by atoms with van der Waals surface area (Å²) in [6.45, 7) is 6.89. The van der Waals surface area contributed by atoms with Crippen LogP contribution in [0.1, 0.15) is 24.3 Å². The highest BCUT2D eigenvalue weighted by Gasteiger charge is 2.07. The monoisotopic (exact) mass is 183 g/mol. The van der Waals surface area contributed by atoms with Gasteiger partial charge in [-0.1, -0.05) is 17.5 Å². The van der Waals surface area contributed by atoms with E-state index in [0.29, 0.717) is 0 Å². The van der Waals surface area contributed by atoms with E-state index in [4.69, 9.17) is 0 Å². The smallest absolute Gasteiger partial charge is 0.0672 e. The van der Waals surface area contributed by atoms with Gasteiger partial charge in [-0.05, 0) is 24.5 Å². The van der Waals surface area contributed by atoms with Gasteiger partial charge < -0.3 is 5.32 Å². The summed E-state index contributed by atoms with van der Waals surface area (Å²) in [6.07, 6.45) is 4.78. The van der Waals surface area contributed by atoms with E-state index in [1.54, 1.807) is 6.20 Å². The van der Waals surface area contributed by atoms with Crippen LogP contribution in [0.4, 0.5) is 0 Å². The van der Waals surface area contributed by atoms with E-state index >= 15 is 0 Å². The van der Waals surface area contributed by atoms with Crippen LogP contribution in [0.2, 0.25) is 0 Å². The summed E-state index contributed by atoms with van der Waals surface area (Å²) in [7, 11) is 0. The van der Waals surface area contributed by atoms with Gasteiger partial charge in [-0.3, -0.25) is 0 Å². The van der Waals surface area contributed by atoms with Gasteiger partial charge in [-0.15, -0.1) is 11.7 Å². The van der Waals surface area contributed by atoms with Gasteiger partial charge in [0.1, 0.15) is 0 Å². The van der Waals surface area contributed by atoms with Crippen LogP contribution in [-0.2, 0) is 0 Å². The quantitative estimate of drug-likeness (QED) is 0.707. The van der Waals surface area contributed by atoms with Gasteiger partial charge in [0.15, 0.2) is 0 Å². The molecule has 1 rings (SSSR count). The number of rotatable bonds is 5. The highest BCUT2D eigenvalue weighted by atomic mass is 32.1. The Kier molecular flexibility index (Phi) is 3.90. The molecule has 0 saturated carbocycles. The molecule has 0 aliphatic rings. The lowest BCUT2D eigenvalue weighted by molar-refractivity contribution is 0.620. The van der Waals surface area contributed by atoms with Crippen LogP contribution in [0.15, 0.2) is 18.9 Å². The zero-order valence-electron chi connectivity index (χ0n) is 7.16. The van der Waals surface area contributed by atoms with Crippen LogP contribution in [-0.4, -0.2) is 16.1 Å². The largest absolute Gasteiger partial charge is 0.306 e. The standard InChI is InChI=1S/C8H13N3S/c1-3-5-9-7(4-2)8-6-10-11-12-8/h4,6-7,9H,2-3,5H2,1H3. The predicted octanol–water partition coefficient (Wildman–Crippen LogP) is 1.76. The zero-order chi connectivity index (χ0) is 8.81. The van der Waals surface area contributed by atoms with Crippen LogP contribution in [0, 0.1) is 0 Å². The fourth-order valence-corrected chi connectivity index (χ4v) is 1.49. The van der Waals surface area contributed by atoms with Gasteiger partial charge in [-0.25, -0.2) is 0 Å². The Bertz CT molecular complexity index is 220. The molecule has 1 N–H and O–H groups in total. The molecular weight excluding hydrogens is 170 g/mol. The van der Waals surface area contributed by atoms with Gasteiger partial charge in [0, 0.05) is 0 Å². The van der Waals surface area contributed by atoms with Crippen molar-refractivity contribution >= 4 is 11.5 Å². The third-order valence-electron chi connectivity index (χ3n) is 1.53. The van der Waals surface area contributed by atoms with Crippen LogP contribution >= 0.6 is 11.5 Å². The van der Waals surface area contributed by atoms with Crippen LogP contribution in [0.25, 0.3) is 0 Å². The van der Waals surface area contributed by atoms with Gasteiger partial charge in [0.05, 0.1) is 17.1 Å². The summed E-state index contributed by atoms with van der Waals surface area (Å²) in [4.78, 5) is 1.12. The third-order valence-corrected chi connectivity index (χ3v) is 2.28. The van der Waals surface area contributed by atoms with Crippen molar-refractivity contribution in [2.24, 2.45) is 0 Å². The molecule has 0 aliphatic carbocycles. The van der Waals surface area contributed by atoms with E-state index in [-0.39, 0.29) is 6.04 Å². The van der Waals surface area contributed by atoms with E-state index in [0.717, 1.165) is 17.8 Å². The second-order valence-corrected chi connectivity index (χ2v) is 3.30. The molecule has 4 heteroatoms. The Morgan fingerprint density at radius 2 is 2.67 bits per heavy atom. The first-order valence-electron chi connectivity index (χ1n) is 4.01. The van der Waals surface area contributed by atoms with Crippen LogP contribution < -0.4 is 5.32 Å². The maximum absolute atomic E-state index is 3.80. The van der Waals surface area contributed by atoms with E-state index < -0.39 is 0 Å². The van der Waals surface area contributed by atoms with Crippen molar-refractivity contribution < 1.29 is 0 Å². The molecule has 1 aromatic heterocycles. The Hall–Kier alpha value is -0.740. The highest BCUT2D eigenvalue weighted by Crippen LogP contribution is 2.15. The average molecular weight is 183 g/mol. The van der Waals surface area contributed by atoms with Crippen molar-refractivity contribution in [2.75, 3.05) is 6.54 Å². The molecule has 0 spiro atoms. The maximum Gasteiger partial charge on any atom is 0.0672 e. The molecule has 1 unspecified atom stereocenters. The van der Waals surface area contributed by atoms with Crippen LogP contribution in [0.5, 0.6) is 0 Å². The van der Waals surface area contributed by atoms with Crippen molar-refractivity contribution in [1.82, 2.24) is 14.9 Å². The molecule has 0 bridgehead atoms. The summed E-state index contributed by atoms with van der Waals surface area (Å²) in [5, 5.41) is 7.11.